The van der Waals surface area contributed by atoms with Crippen molar-refractivity contribution >= 4 is 59.1 Å². The Kier molecular flexibility index (Phi) is 11.6. The maximum atomic E-state index is 12.9. The van der Waals surface area contributed by atoms with E-state index in [4.69, 9.17) is 9.47 Å². The lowest BCUT2D eigenvalue weighted by Crippen LogP contribution is -2.48. The molecule has 3 rings (SSSR count). The highest BCUT2D eigenvalue weighted by molar-refractivity contribution is 14.2. The van der Waals surface area contributed by atoms with Gasteiger partial charge in [0.05, 0.1) is 16.7 Å². The molecule has 1 aromatic carbocycles. The number of alkyl carbamates (subject to hydrolysis) is 1. The molecule has 1 aliphatic rings. The van der Waals surface area contributed by atoms with E-state index >= 15 is 0 Å². The first-order chi connectivity index (χ1) is 19.0. The van der Waals surface area contributed by atoms with Gasteiger partial charge in [-0.05, 0) is 42.8 Å². The quantitative estimate of drug-likeness (QED) is 0.282. The van der Waals surface area contributed by atoms with E-state index in [1.54, 1.807) is 18.5 Å². The van der Waals surface area contributed by atoms with E-state index in [-0.39, 0.29) is 32.6 Å². The molecule has 2 aromatic rings. The van der Waals surface area contributed by atoms with E-state index in [0.29, 0.717) is 18.6 Å². The van der Waals surface area contributed by atoms with Crippen molar-refractivity contribution in [3.63, 3.8) is 0 Å². The molecule has 1 amide bonds. The molecule has 0 radical (unpaired) electrons. The number of pyridine rings is 1. The number of anilines is 1. The zero-order valence-corrected chi connectivity index (χ0v) is 26.0. The van der Waals surface area contributed by atoms with Crippen LogP contribution in [0, 0.1) is 5.41 Å². The number of nitrogens with zero attached hydrogens (tertiary/aromatic N) is 3. The van der Waals surface area contributed by atoms with Gasteiger partial charge in [-0.15, -0.1) is 0 Å². The van der Waals surface area contributed by atoms with Crippen molar-refractivity contribution in [3.8, 4) is 5.75 Å². The number of benzene rings is 1. The van der Waals surface area contributed by atoms with Gasteiger partial charge >= 0.3 is 6.09 Å². The fourth-order valence-electron chi connectivity index (χ4n) is 3.54. The molecular weight excluding hydrogens is 649 g/mol. The van der Waals surface area contributed by atoms with E-state index < -0.39 is 46.0 Å². The molecule has 1 aromatic heterocycles. The largest absolute Gasteiger partial charge is 0.490 e. The minimum Gasteiger partial charge on any atom is -0.490 e. The summed E-state index contributed by atoms with van der Waals surface area (Å²) in [6.45, 7) is 7.36. The molecule has 218 valence electrons. The molecule has 0 fully saturated rings. The standard InChI is InChI=1S/C27H36IN5O6S/c1-5-6-9-22(23(34)16-31-40(36,37)25-10-7-8-15-29-25)32-26(35)39-24(27(2,3)4)17-38-21-13-11-20(12-14-21)33-18-28-30-19-33/h7-8,10-15,18-19,22,24,31H,5-6,9,16-17H2,1-4H3,(H,32,35)/t22-,24+/m0/s1. The molecule has 1 aliphatic heterocycles. The van der Waals surface area contributed by atoms with Gasteiger partial charge in [-0.3, -0.25) is 4.79 Å². The Morgan fingerprint density at radius 3 is 2.48 bits per heavy atom. The van der Waals surface area contributed by atoms with E-state index in [9.17, 15) is 18.0 Å². The number of nitrogens with one attached hydrogen (secondary N) is 2. The number of amides is 1. The van der Waals surface area contributed by atoms with Crippen LogP contribution in [0.25, 0.3) is 0 Å². The van der Waals surface area contributed by atoms with E-state index in [2.05, 4.69) is 22.4 Å². The van der Waals surface area contributed by atoms with Crippen LogP contribution in [0.3, 0.4) is 0 Å². The zero-order valence-electron chi connectivity index (χ0n) is 23.0. The third-order valence-electron chi connectivity index (χ3n) is 6.00. The van der Waals surface area contributed by atoms with Gasteiger partial charge in [0, 0.05) is 38.3 Å². The lowest BCUT2D eigenvalue weighted by molar-refractivity contribution is -0.120. The van der Waals surface area contributed by atoms with Gasteiger partial charge in [-0.2, -0.15) is 0 Å². The summed E-state index contributed by atoms with van der Waals surface area (Å²) in [5, 5.41) is 2.44. The summed E-state index contributed by atoms with van der Waals surface area (Å²) < 4.78 is 45.2. The van der Waals surface area contributed by atoms with Crippen molar-refractivity contribution in [3.05, 3.63) is 48.7 Å². The van der Waals surface area contributed by atoms with Crippen LogP contribution in [0.15, 0.2) is 56.9 Å². The molecule has 11 nitrogen and oxygen atoms in total. The maximum absolute atomic E-state index is 12.9. The number of aromatic nitrogens is 1. The fraction of sp³-hybridized carbons (Fsp3) is 0.444. The molecule has 0 aliphatic carbocycles. The highest BCUT2D eigenvalue weighted by atomic mass is 127. The average molecular weight is 686 g/mol. The lowest BCUT2D eigenvalue weighted by atomic mass is 9.89. The Morgan fingerprint density at radius 1 is 1.12 bits per heavy atom. The summed E-state index contributed by atoms with van der Waals surface area (Å²) in [4.78, 5) is 31.6. The molecule has 13 heteroatoms. The van der Waals surface area contributed by atoms with Crippen LogP contribution < -0.4 is 19.7 Å². The van der Waals surface area contributed by atoms with Crippen LogP contribution in [-0.2, 0) is 19.6 Å². The van der Waals surface area contributed by atoms with Crippen molar-refractivity contribution < 1.29 is 27.5 Å². The number of Topliss-reactive ketones (excluding diaryl/α,β-unsaturated/α-hetero) is 1. The predicted molar refractivity (Wildman–Crippen MR) is 164 cm³/mol. The van der Waals surface area contributed by atoms with E-state index in [0.717, 1.165) is 12.1 Å². The molecule has 2 N–H and O–H groups in total. The van der Waals surface area contributed by atoms with Crippen LogP contribution in [0.4, 0.5) is 10.5 Å². The molecule has 0 bridgehead atoms. The number of hydrogen-bond donors (Lipinski definition) is 2. The number of sulfonamides is 1. The Hall–Kier alpha value is -2.91. The molecule has 0 unspecified atom stereocenters. The van der Waals surface area contributed by atoms with E-state index in [1.807, 2.05) is 56.9 Å². The van der Waals surface area contributed by atoms with Gasteiger partial charge in [0.15, 0.2) is 10.8 Å². The van der Waals surface area contributed by atoms with Crippen molar-refractivity contribution in [1.29, 1.82) is 0 Å². The van der Waals surface area contributed by atoms with Gasteiger partial charge in [0.2, 0.25) is 0 Å². The number of halogens is 1. The topological polar surface area (TPSA) is 139 Å². The second-order valence-corrected chi connectivity index (χ2v) is 13.6. The monoisotopic (exact) mass is 685 g/mol. The molecule has 2 heterocycles. The first kappa shape index (κ1) is 31.6. The van der Waals surface area contributed by atoms with Gasteiger partial charge in [0.1, 0.15) is 24.8 Å². The van der Waals surface area contributed by atoms with Crippen LogP contribution >= 0.6 is 21.0 Å². The number of hydrogen-bond acceptors (Lipinski definition) is 9. The zero-order chi connectivity index (χ0) is 29.2. The van der Waals surface area contributed by atoms with Crippen LogP contribution in [-0.4, -0.2) is 61.0 Å². The Bertz CT molecular complexity index is 1280. The summed E-state index contributed by atoms with van der Waals surface area (Å²) in [6.07, 6.45) is 3.56. The number of carbonyl (C=O) groups is 2. The van der Waals surface area contributed by atoms with Gasteiger partial charge in [-0.25, -0.2) is 26.1 Å². The minimum atomic E-state index is -3.97. The number of ketones is 1. The van der Waals surface area contributed by atoms with Crippen molar-refractivity contribution in [2.75, 3.05) is 18.1 Å². The summed E-state index contributed by atoms with van der Waals surface area (Å²) in [5.74, 6) is 0.153. The predicted octanol–water partition coefficient (Wildman–Crippen LogP) is 4.20. The third-order valence-corrected chi connectivity index (χ3v) is 8.74. The SMILES string of the molecule is CCCC[C@H](NC(=O)O[C@H](COc1ccc(N2C=NI=C2)cc1)C(C)(C)C)C(=O)CNS(=O)(=O)c1ccccn1. The maximum Gasteiger partial charge on any atom is 0.408 e. The van der Waals surface area contributed by atoms with Gasteiger partial charge < -0.3 is 19.7 Å². The number of rotatable bonds is 14. The normalized spacial score (nSPS) is 14.8. The van der Waals surface area contributed by atoms with Crippen molar-refractivity contribution in [1.82, 2.24) is 15.0 Å². The minimum absolute atomic E-state index is 0.108. The van der Waals surface area contributed by atoms with Crippen LogP contribution in [0.1, 0.15) is 47.0 Å². The summed E-state index contributed by atoms with van der Waals surface area (Å²) in [7, 11) is -3.97. The Balaban J connectivity index is 1.58. The fourth-order valence-corrected chi connectivity index (χ4v) is 5.76. The summed E-state index contributed by atoms with van der Waals surface area (Å²) >= 11 is -0.272. The molecule has 0 saturated carbocycles. The van der Waals surface area contributed by atoms with Gasteiger partial charge in [0.25, 0.3) is 10.0 Å². The second-order valence-electron chi connectivity index (χ2n) is 10.2. The number of ether oxygens (including phenoxy) is 2. The second kappa shape index (κ2) is 14.6. The lowest BCUT2D eigenvalue weighted by Gasteiger charge is -2.31. The Morgan fingerprint density at radius 2 is 1.88 bits per heavy atom. The van der Waals surface area contributed by atoms with E-state index in [1.165, 1.54) is 12.3 Å². The van der Waals surface area contributed by atoms with Gasteiger partial charge in [-0.1, -0.05) is 46.6 Å². The number of carbonyl (C=O) groups excluding carboxylic acids is 2. The highest BCUT2D eigenvalue weighted by Gasteiger charge is 2.31. The molecule has 2 atom stereocenters. The molecular formula is C27H36IN5O6S. The first-order valence-electron chi connectivity index (χ1n) is 12.9. The van der Waals surface area contributed by atoms with Crippen molar-refractivity contribution in [2.45, 2.75) is 64.1 Å². The number of unbranched alkanes of at least 4 members (excludes halogenated alkanes) is 1. The van der Waals surface area contributed by atoms with Crippen LogP contribution in [0.2, 0.25) is 0 Å². The van der Waals surface area contributed by atoms with Crippen molar-refractivity contribution in [2.24, 2.45) is 8.62 Å². The first-order valence-corrected chi connectivity index (χ1v) is 16.6. The summed E-state index contributed by atoms with van der Waals surface area (Å²) in [6, 6.07) is 11.1. The van der Waals surface area contributed by atoms with Crippen LogP contribution in [0.5, 0.6) is 5.75 Å². The molecule has 0 spiro atoms. The molecule has 0 saturated heterocycles. The average Bonchev–Trinajstić information content (AvgIpc) is 3.47. The Labute approximate surface area is 245 Å². The molecule has 40 heavy (non-hydrogen) atoms. The highest BCUT2D eigenvalue weighted by Crippen LogP contribution is 2.25. The summed E-state index contributed by atoms with van der Waals surface area (Å²) in [5.41, 5.74) is 0.532. The smallest absolute Gasteiger partial charge is 0.408 e. The third kappa shape index (κ3) is 9.63.